The molecule has 2 N–H and O–H groups in total. The summed E-state index contributed by atoms with van der Waals surface area (Å²) in [6.45, 7) is 1.87. The average molecular weight is 426 g/mol. The van der Waals surface area contributed by atoms with Crippen LogP contribution in [0.25, 0.3) is 28.2 Å². The molecule has 2 saturated carbocycles. The van der Waals surface area contributed by atoms with Crippen molar-refractivity contribution in [2.24, 2.45) is 0 Å². The lowest BCUT2D eigenvalue weighted by atomic mass is 10.1. The summed E-state index contributed by atoms with van der Waals surface area (Å²) < 4.78 is 1.71. The van der Waals surface area contributed by atoms with Crippen molar-refractivity contribution in [2.75, 3.05) is 18.0 Å². The molecule has 2 aliphatic carbocycles. The van der Waals surface area contributed by atoms with Crippen LogP contribution in [0.15, 0.2) is 48.9 Å². The summed E-state index contributed by atoms with van der Waals surface area (Å²) in [5, 5.41) is 27.9. The number of nitrogens with zero attached hydrogens (tertiary/aromatic N) is 7. The van der Waals surface area contributed by atoms with E-state index in [1.165, 1.54) is 25.7 Å². The molecule has 160 valence electrons. The van der Waals surface area contributed by atoms with Crippen LogP contribution in [0.2, 0.25) is 0 Å². The van der Waals surface area contributed by atoms with Crippen LogP contribution in [0.1, 0.15) is 25.7 Å². The van der Waals surface area contributed by atoms with Crippen LogP contribution >= 0.6 is 0 Å². The molecule has 1 saturated heterocycles. The fraction of sp³-hybridized carbons (Fsp3) is 0.348. The lowest BCUT2D eigenvalue weighted by Crippen LogP contribution is -2.60. The predicted octanol–water partition coefficient (Wildman–Crippen LogP) is 2.43. The Morgan fingerprint density at radius 2 is 1.72 bits per heavy atom. The molecule has 4 heterocycles. The highest BCUT2D eigenvalue weighted by molar-refractivity contribution is 5.72. The van der Waals surface area contributed by atoms with E-state index in [0.29, 0.717) is 17.2 Å². The van der Waals surface area contributed by atoms with E-state index in [-0.39, 0.29) is 16.8 Å². The lowest BCUT2D eigenvalue weighted by Gasteiger charge is -2.39. The van der Waals surface area contributed by atoms with Gasteiger partial charge in [0.25, 0.3) is 0 Å². The SMILES string of the molecule is Oc1cc(-c2ccc3nccn3n2)ccc1-c1cnc(N2CC3(CC3)NC3(CC3)C2)nn1. The first-order valence-electron chi connectivity index (χ1n) is 11.0. The second kappa shape index (κ2) is 6.23. The highest BCUT2D eigenvalue weighted by Gasteiger charge is 2.58. The van der Waals surface area contributed by atoms with Crippen molar-refractivity contribution in [3.8, 4) is 28.3 Å². The number of hydrogen-bond acceptors (Lipinski definition) is 8. The smallest absolute Gasteiger partial charge is 0.245 e. The van der Waals surface area contributed by atoms with Crippen molar-refractivity contribution < 1.29 is 5.11 Å². The third-order valence-corrected chi connectivity index (χ3v) is 6.88. The van der Waals surface area contributed by atoms with Crippen molar-refractivity contribution in [1.82, 2.24) is 35.1 Å². The molecule has 9 heteroatoms. The minimum atomic E-state index is 0.120. The fourth-order valence-corrected chi connectivity index (χ4v) is 4.85. The Labute approximate surface area is 184 Å². The number of aromatic hydroxyl groups is 1. The fourth-order valence-electron chi connectivity index (χ4n) is 4.85. The van der Waals surface area contributed by atoms with Gasteiger partial charge in [0.1, 0.15) is 11.4 Å². The van der Waals surface area contributed by atoms with E-state index in [2.05, 4.69) is 35.5 Å². The Balaban J connectivity index is 1.15. The standard InChI is InChI=1S/C23H22N8O/c32-19-11-15(17-3-4-20-24-9-10-31(20)28-17)1-2-16(19)18-12-25-21(27-26-18)30-13-22(5-6-22)29-23(14-30)7-8-23/h1-4,9-12,29,32H,5-8,13-14H2. The van der Waals surface area contributed by atoms with Crippen LogP contribution in [0.5, 0.6) is 5.75 Å². The van der Waals surface area contributed by atoms with Crippen molar-refractivity contribution in [3.05, 3.63) is 48.9 Å². The highest BCUT2D eigenvalue weighted by Crippen LogP contribution is 2.49. The molecule has 0 atom stereocenters. The van der Waals surface area contributed by atoms with Gasteiger partial charge in [-0.15, -0.1) is 10.2 Å². The number of fused-ring (bicyclic) bond motifs is 1. The topological polar surface area (TPSA) is 104 Å². The van der Waals surface area contributed by atoms with E-state index < -0.39 is 0 Å². The Kier molecular flexibility index (Phi) is 3.51. The lowest BCUT2D eigenvalue weighted by molar-refractivity contribution is 0.337. The van der Waals surface area contributed by atoms with Crippen molar-refractivity contribution >= 4 is 11.6 Å². The van der Waals surface area contributed by atoms with E-state index in [4.69, 9.17) is 0 Å². The van der Waals surface area contributed by atoms with Gasteiger partial charge in [-0.1, -0.05) is 6.07 Å². The Morgan fingerprint density at radius 3 is 2.41 bits per heavy atom. The number of phenols is 1. The van der Waals surface area contributed by atoms with Crippen molar-refractivity contribution in [1.29, 1.82) is 0 Å². The van der Waals surface area contributed by atoms with Crippen LogP contribution in [0.4, 0.5) is 5.95 Å². The summed E-state index contributed by atoms with van der Waals surface area (Å²) in [7, 11) is 0. The summed E-state index contributed by atoms with van der Waals surface area (Å²) in [4.78, 5) is 11.1. The van der Waals surface area contributed by atoms with E-state index in [1.807, 2.05) is 24.3 Å². The van der Waals surface area contributed by atoms with Crippen molar-refractivity contribution in [2.45, 2.75) is 36.8 Å². The first kappa shape index (κ1) is 18.0. The second-order valence-corrected chi connectivity index (χ2v) is 9.37. The largest absolute Gasteiger partial charge is 0.507 e. The van der Waals surface area contributed by atoms with Gasteiger partial charge in [-0.2, -0.15) is 5.10 Å². The summed E-state index contributed by atoms with van der Waals surface area (Å²) in [5.74, 6) is 0.789. The van der Waals surface area contributed by atoms with Gasteiger partial charge >= 0.3 is 0 Å². The summed E-state index contributed by atoms with van der Waals surface area (Å²) >= 11 is 0. The molecule has 0 amide bonds. The number of hydrogen-bond donors (Lipinski definition) is 2. The van der Waals surface area contributed by atoms with E-state index in [1.54, 1.807) is 29.2 Å². The molecular formula is C23H22N8O. The van der Waals surface area contributed by atoms with Crippen molar-refractivity contribution in [3.63, 3.8) is 0 Å². The van der Waals surface area contributed by atoms with Crippen LogP contribution < -0.4 is 10.2 Å². The third kappa shape index (κ3) is 2.92. The number of phenolic OH excluding ortho intramolecular Hbond substituents is 1. The summed E-state index contributed by atoms with van der Waals surface area (Å²) in [6, 6.07) is 9.23. The van der Waals surface area contributed by atoms with E-state index >= 15 is 0 Å². The molecule has 0 unspecified atom stereocenters. The number of benzene rings is 1. The van der Waals surface area contributed by atoms with Gasteiger partial charge in [-0.25, -0.2) is 14.5 Å². The van der Waals surface area contributed by atoms with E-state index in [0.717, 1.165) is 30.0 Å². The molecule has 32 heavy (non-hydrogen) atoms. The number of anilines is 1. The third-order valence-electron chi connectivity index (χ3n) is 6.88. The number of rotatable bonds is 3. The molecule has 0 bridgehead atoms. The van der Waals surface area contributed by atoms with Gasteiger partial charge in [0.15, 0.2) is 5.65 Å². The Hall–Kier alpha value is -3.59. The predicted molar refractivity (Wildman–Crippen MR) is 118 cm³/mol. The summed E-state index contributed by atoms with van der Waals surface area (Å²) in [6.07, 6.45) is 10.1. The molecule has 2 spiro atoms. The molecule has 9 nitrogen and oxygen atoms in total. The van der Waals surface area contributed by atoms with Gasteiger partial charge in [-0.05, 0) is 49.9 Å². The molecule has 3 aliphatic rings. The van der Waals surface area contributed by atoms with Gasteiger partial charge in [0.2, 0.25) is 5.95 Å². The molecule has 4 aromatic rings. The van der Waals surface area contributed by atoms with Gasteiger partial charge in [0.05, 0.1) is 11.9 Å². The van der Waals surface area contributed by atoms with Crippen LogP contribution in [0, 0.1) is 0 Å². The zero-order chi connectivity index (χ0) is 21.3. The van der Waals surface area contributed by atoms with Crippen LogP contribution in [0.3, 0.4) is 0 Å². The number of aromatic nitrogens is 6. The first-order chi connectivity index (χ1) is 15.6. The zero-order valence-corrected chi connectivity index (χ0v) is 17.4. The maximum atomic E-state index is 10.7. The second-order valence-electron chi connectivity index (χ2n) is 9.37. The molecule has 3 fully saturated rings. The Bertz CT molecular complexity index is 1320. The molecule has 7 rings (SSSR count). The zero-order valence-electron chi connectivity index (χ0n) is 17.4. The van der Waals surface area contributed by atoms with Gasteiger partial charge < -0.3 is 15.3 Å². The van der Waals surface area contributed by atoms with Crippen LogP contribution in [-0.4, -0.2) is 59.1 Å². The van der Waals surface area contributed by atoms with Gasteiger partial charge in [-0.3, -0.25) is 0 Å². The average Bonchev–Trinajstić information content (AvgIpc) is 3.68. The maximum absolute atomic E-state index is 10.7. The molecule has 1 aromatic carbocycles. The molecule has 0 radical (unpaired) electrons. The minimum absolute atomic E-state index is 0.120. The normalized spacial score (nSPS) is 20.2. The first-order valence-corrected chi connectivity index (χ1v) is 11.0. The monoisotopic (exact) mass is 426 g/mol. The number of piperazine rings is 1. The molecule has 3 aromatic heterocycles. The molecule has 1 aliphatic heterocycles. The number of nitrogens with one attached hydrogen (secondary N) is 1. The molecular weight excluding hydrogens is 404 g/mol. The quantitative estimate of drug-likeness (QED) is 0.515. The maximum Gasteiger partial charge on any atom is 0.245 e. The minimum Gasteiger partial charge on any atom is -0.507 e. The highest BCUT2D eigenvalue weighted by atomic mass is 16.3. The van der Waals surface area contributed by atoms with Gasteiger partial charge in [0, 0.05) is 47.7 Å². The summed E-state index contributed by atoms with van der Waals surface area (Å²) in [5.41, 5.74) is 3.98. The van der Waals surface area contributed by atoms with E-state index in [9.17, 15) is 5.11 Å². The Morgan fingerprint density at radius 1 is 0.906 bits per heavy atom. The van der Waals surface area contributed by atoms with Crippen LogP contribution in [-0.2, 0) is 0 Å². The number of imidazole rings is 1.